The molecule has 1 aliphatic heterocycles. The predicted molar refractivity (Wildman–Crippen MR) is 96.8 cm³/mol. The summed E-state index contributed by atoms with van der Waals surface area (Å²) in [6.07, 6.45) is 10.0. The molecule has 1 heterocycles. The molecule has 122 valence electrons. The molecule has 3 rings (SSSR count). The third kappa shape index (κ3) is 2.79. The Kier molecular flexibility index (Phi) is 4.03. The zero-order valence-electron chi connectivity index (χ0n) is 15.3. The van der Waals surface area contributed by atoms with E-state index in [1.165, 1.54) is 73.9 Å². The van der Waals surface area contributed by atoms with Crippen molar-refractivity contribution in [2.75, 3.05) is 11.4 Å². The topological polar surface area (TPSA) is 3.24 Å². The van der Waals surface area contributed by atoms with Gasteiger partial charge in [-0.3, -0.25) is 0 Å². The summed E-state index contributed by atoms with van der Waals surface area (Å²) < 4.78 is 0. The van der Waals surface area contributed by atoms with Crippen LogP contribution in [0.3, 0.4) is 0 Å². The highest BCUT2D eigenvalue weighted by Crippen LogP contribution is 2.49. The van der Waals surface area contributed by atoms with Crippen LogP contribution in [0, 0.1) is 26.2 Å². The van der Waals surface area contributed by atoms with E-state index >= 15 is 0 Å². The molecule has 0 amide bonds. The molecule has 1 spiro atoms. The van der Waals surface area contributed by atoms with Crippen LogP contribution in [0.4, 0.5) is 5.69 Å². The number of hydrogen-bond acceptors (Lipinski definition) is 1. The average Bonchev–Trinajstić information content (AvgIpc) is 2.43. The predicted octanol–water partition coefficient (Wildman–Crippen LogP) is 5.94. The van der Waals surface area contributed by atoms with Crippen molar-refractivity contribution in [1.29, 1.82) is 0 Å². The number of benzene rings is 1. The summed E-state index contributed by atoms with van der Waals surface area (Å²) >= 11 is 0. The standard InChI is InChI=1S/C21H33N/c1-16-13-17(2)19(18(3)14-16)22-15-21(9-7-6-8-10-21)12-11-20(22,4)5/h13-14H,6-12,15H2,1-5H3. The lowest BCUT2D eigenvalue weighted by Crippen LogP contribution is -2.55. The second-order valence-corrected chi connectivity index (χ2v) is 8.71. The molecule has 0 radical (unpaired) electrons. The van der Waals surface area contributed by atoms with Crippen LogP contribution >= 0.6 is 0 Å². The average molecular weight is 300 g/mol. The molecule has 1 saturated carbocycles. The Hall–Kier alpha value is -0.980. The van der Waals surface area contributed by atoms with Gasteiger partial charge in [0.25, 0.3) is 0 Å². The molecule has 0 aromatic heterocycles. The molecule has 0 unspecified atom stereocenters. The van der Waals surface area contributed by atoms with Gasteiger partial charge in [0.05, 0.1) is 0 Å². The lowest BCUT2D eigenvalue weighted by molar-refractivity contribution is 0.119. The minimum Gasteiger partial charge on any atom is -0.365 e. The molecule has 1 nitrogen and oxygen atoms in total. The van der Waals surface area contributed by atoms with Gasteiger partial charge in [0, 0.05) is 17.8 Å². The number of hydrogen-bond donors (Lipinski definition) is 0. The Balaban J connectivity index is 1.99. The first-order valence-electron chi connectivity index (χ1n) is 9.19. The fourth-order valence-electron chi connectivity index (χ4n) is 5.02. The van der Waals surface area contributed by atoms with Crippen LogP contribution in [0.2, 0.25) is 0 Å². The lowest BCUT2D eigenvalue weighted by atomic mass is 9.66. The largest absolute Gasteiger partial charge is 0.365 e. The van der Waals surface area contributed by atoms with Crippen molar-refractivity contribution >= 4 is 5.69 Å². The van der Waals surface area contributed by atoms with Gasteiger partial charge >= 0.3 is 0 Å². The van der Waals surface area contributed by atoms with Crippen molar-refractivity contribution in [2.45, 2.75) is 85.1 Å². The molecule has 0 bridgehead atoms. The van der Waals surface area contributed by atoms with E-state index in [1.807, 2.05) is 0 Å². The Bertz CT molecular complexity index is 526. The molecule has 1 heteroatoms. The van der Waals surface area contributed by atoms with Gasteiger partial charge in [-0.1, -0.05) is 37.0 Å². The van der Waals surface area contributed by atoms with Crippen molar-refractivity contribution in [3.05, 3.63) is 28.8 Å². The number of rotatable bonds is 1. The summed E-state index contributed by atoms with van der Waals surface area (Å²) in [5, 5.41) is 0. The third-order valence-electron chi connectivity index (χ3n) is 6.31. The maximum absolute atomic E-state index is 2.77. The molecule has 1 aromatic rings. The Morgan fingerprint density at radius 1 is 0.818 bits per heavy atom. The van der Waals surface area contributed by atoms with E-state index in [0.29, 0.717) is 5.41 Å². The molecule has 22 heavy (non-hydrogen) atoms. The zero-order chi connectivity index (χ0) is 16.0. The van der Waals surface area contributed by atoms with Crippen LogP contribution in [0.1, 0.15) is 75.5 Å². The number of anilines is 1. The second kappa shape index (κ2) is 5.58. The zero-order valence-corrected chi connectivity index (χ0v) is 15.3. The van der Waals surface area contributed by atoms with Crippen LogP contribution in [0.25, 0.3) is 0 Å². The van der Waals surface area contributed by atoms with Crippen LogP contribution in [0.5, 0.6) is 0 Å². The van der Waals surface area contributed by atoms with Gasteiger partial charge in [0.15, 0.2) is 0 Å². The first-order chi connectivity index (χ1) is 10.3. The Morgan fingerprint density at radius 3 is 2.00 bits per heavy atom. The van der Waals surface area contributed by atoms with Gasteiger partial charge in [-0.2, -0.15) is 0 Å². The van der Waals surface area contributed by atoms with E-state index in [1.54, 1.807) is 0 Å². The highest BCUT2D eigenvalue weighted by atomic mass is 15.2. The summed E-state index contributed by atoms with van der Waals surface area (Å²) in [6.45, 7) is 13.0. The first-order valence-corrected chi connectivity index (χ1v) is 9.19. The fourth-order valence-corrected chi connectivity index (χ4v) is 5.02. The molecule has 2 aliphatic rings. The van der Waals surface area contributed by atoms with Crippen LogP contribution in [0.15, 0.2) is 12.1 Å². The van der Waals surface area contributed by atoms with E-state index in [4.69, 9.17) is 0 Å². The fraction of sp³-hybridized carbons (Fsp3) is 0.714. The van der Waals surface area contributed by atoms with Gasteiger partial charge in [-0.15, -0.1) is 0 Å². The van der Waals surface area contributed by atoms with Gasteiger partial charge < -0.3 is 4.90 Å². The smallest absolute Gasteiger partial charge is 0.0430 e. The third-order valence-corrected chi connectivity index (χ3v) is 6.31. The first kappa shape index (κ1) is 15.9. The SMILES string of the molecule is Cc1cc(C)c(N2CC3(CCCCC3)CCC2(C)C)c(C)c1. The molecular weight excluding hydrogens is 266 g/mol. The number of nitrogens with zero attached hydrogens (tertiary/aromatic N) is 1. The second-order valence-electron chi connectivity index (χ2n) is 8.71. The molecular formula is C21H33N. The minimum absolute atomic E-state index is 0.285. The summed E-state index contributed by atoms with van der Waals surface area (Å²) in [5.74, 6) is 0. The number of piperidine rings is 1. The Labute approximate surface area is 137 Å². The van der Waals surface area contributed by atoms with E-state index in [0.717, 1.165) is 0 Å². The van der Waals surface area contributed by atoms with Gasteiger partial charge in [-0.25, -0.2) is 0 Å². The highest BCUT2D eigenvalue weighted by Gasteiger charge is 2.44. The van der Waals surface area contributed by atoms with Gasteiger partial charge in [0.2, 0.25) is 0 Å². The van der Waals surface area contributed by atoms with Crippen molar-refractivity contribution in [2.24, 2.45) is 5.41 Å². The molecule has 0 atom stereocenters. The summed E-state index contributed by atoms with van der Waals surface area (Å²) in [6, 6.07) is 4.72. The Morgan fingerprint density at radius 2 is 1.41 bits per heavy atom. The van der Waals surface area contributed by atoms with Crippen molar-refractivity contribution < 1.29 is 0 Å². The summed E-state index contributed by atoms with van der Waals surface area (Å²) in [5.41, 5.74) is 6.70. The van der Waals surface area contributed by atoms with Crippen LogP contribution in [-0.2, 0) is 0 Å². The highest BCUT2D eigenvalue weighted by molar-refractivity contribution is 5.62. The summed E-state index contributed by atoms with van der Waals surface area (Å²) in [4.78, 5) is 2.77. The van der Waals surface area contributed by atoms with E-state index < -0.39 is 0 Å². The van der Waals surface area contributed by atoms with E-state index in [9.17, 15) is 0 Å². The monoisotopic (exact) mass is 299 g/mol. The maximum Gasteiger partial charge on any atom is 0.0430 e. The van der Waals surface area contributed by atoms with Crippen molar-refractivity contribution in [1.82, 2.24) is 0 Å². The van der Waals surface area contributed by atoms with E-state index in [2.05, 4.69) is 51.7 Å². The minimum atomic E-state index is 0.285. The number of aryl methyl sites for hydroxylation is 3. The molecule has 1 aromatic carbocycles. The van der Waals surface area contributed by atoms with Gasteiger partial charge in [-0.05, 0) is 76.8 Å². The lowest BCUT2D eigenvalue weighted by Gasteiger charge is -2.54. The van der Waals surface area contributed by atoms with Crippen molar-refractivity contribution in [3.8, 4) is 0 Å². The molecule has 1 aliphatic carbocycles. The maximum atomic E-state index is 2.77. The van der Waals surface area contributed by atoms with Crippen LogP contribution in [-0.4, -0.2) is 12.1 Å². The normalized spacial score (nSPS) is 23.8. The molecule has 2 fully saturated rings. The van der Waals surface area contributed by atoms with Crippen molar-refractivity contribution in [3.63, 3.8) is 0 Å². The van der Waals surface area contributed by atoms with Gasteiger partial charge in [0.1, 0.15) is 0 Å². The van der Waals surface area contributed by atoms with Crippen LogP contribution < -0.4 is 4.90 Å². The summed E-state index contributed by atoms with van der Waals surface area (Å²) in [7, 11) is 0. The molecule has 0 N–H and O–H groups in total. The van der Waals surface area contributed by atoms with E-state index in [-0.39, 0.29) is 5.54 Å². The quantitative estimate of drug-likeness (QED) is 0.620. The molecule has 1 saturated heterocycles.